The van der Waals surface area contributed by atoms with Gasteiger partial charge in [-0.25, -0.2) is 0 Å². The zero-order valence-corrected chi connectivity index (χ0v) is 28.2. The molecule has 0 aliphatic heterocycles. The van der Waals surface area contributed by atoms with Gasteiger partial charge in [-0.2, -0.15) is 0 Å². The van der Waals surface area contributed by atoms with Crippen LogP contribution in [-0.2, 0) is 19.1 Å². The first-order chi connectivity index (χ1) is 21.4. The molecule has 0 amide bonds. The maximum atomic E-state index is 12.1. The topological polar surface area (TPSA) is 93.1 Å². The lowest BCUT2D eigenvalue weighted by molar-refractivity contribution is -0.161. The number of aliphatic hydroxyl groups excluding tert-OH is 2. The molecule has 0 aromatic rings. The predicted octanol–water partition coefficient (Wildman–Crippen LogP) is 9.27. The van der Waals surface area contributed by atoms with Crippen LogP contribution in [0.5, 0.6) is 0 Å². The van der Waals surface area contributed by atoms with E-state index in [1.165, 1.54) is 44.9 Å². The Bertz CT molecular complexity index is 823. The van der Waals surface area contributed by atoms with Crippen molar-refractivity contribution in [3.8, 4) is 0 Å². The fraction of sp³-hybridized carbons (Fsp3) is 0.684. The number of carbonyl (C=O) groups is 2. The molecule has 0 aromatic heterocycles. The Labute approximate surface area is 269 Å². The normalized spacial score (nSPS) is 13.8. The van der Waals surface area contributed by atoms with Gasteiger partial charge in [0, 0.05) is 12.8 Å². The van der Waals surface area contributed by atoms with E-state index in [9.17, 15) is 19.8 Å². The molecular weight excluding hydrogens is 552 g/mol. The second-order valence-electron chi connectivity index (χ2n) is 11.9. The molecule has 0 radical (unpaired) electrons. The molecule has 0 aliphatic rings. The Hall–Kier alpha value is -2.44. The molecule has 0 bridgehead atoms. The highest BCUT2D eigenvalue weighted by Crippen LogP contribution is 2.14. The van der Waals surface area contributed by atoms with Crippen molar-refractivity contribution in [3.05, 3.63) is 60.8 Å². The summed E-state index contributed by atoms with van der Waals surface area (Å²) in [6.45, 7) is 6.04. The number of carbonyl (C=O) groups excluding carboxylic acids is 2. The zero-order chi connectivity index (χ0) is 32.5. The monoisotopic (exact) mass is 616 g/mol. The number of ether oxygens (including phenoxy) is 2. The fourth-order valence-corrected chi connectivity index (χ4v) is 4.37. The number of rotatable bonds is 29. The van der Waals surface area contributed by atoms with E-state index in [1.54, 1.807) is 6.08 Å². The van der Waals surface area contributed by atoms with Crippen LogP contribution in [0, 0.1) is 5.92 Å². The molecule has 6 nitrogen and oxygen atoms in total. The van der Waals surface area contributed by atoms with Crippen LogP contribution in [0.3, 0.4) is 0 Å². The van der Waals surface area contributed by atoms with Crippen LogP contribution in [0.4, 0.5) is 0 Å². The van der Waals surface area contributed by atoms with Crippen LogP contribution >= 0.6 is 0 Å². The van der Waals surface area contributed by atoms with E-state index in [0.717, 1.165) is 57.3 Å². The SMILES string of the molecule is CC[C@H](O)/C=C/C=C\C/C=C\C/C=C\C/C=C\CCCC(=O)OC[C@H](CO)OC(=O)CCCCCCCCCCCC(C)C. The van der Waals surface area contributed by atoms with Gasteiger partial charge >= 0.3 is 11.9 Å². The number of esters is 2. The fourth-order valence-electron chi connectivity index (χ4n) is 4.37. The van der Waals surface area contributed by atoms with Gasteiger partial charge in [0.25, 0.3) is 0 Å². The summed E-state index contributed by atoms with van der Waals surface area (Å²) >= 11 is 0. The smallest absolute Gasteiger partial charge is 0.306 e. The average molecular weight is 617 g/mol. The maximum Gasteiger partial charge on any atom is 0.306 e. The van der Waals surface area contributed by atoms with Crippen molar-refractivity contribution in [3.63, 3.8) is 0 Å². The summed E-state index contributed by atoms with van der Waals surface area (Å²) in [7, 11) is 0. The van der Waals surface area contributed by atoms with Crippen LogP contribution < -0.4 is 0 Å². The minimum Gasteiger partial charge on any atom is -0.462 e. The number of unbranched alkanes of at least 4 members (excludes halogenated alkanes) is 9. The van der Waals surface area contributed by atoms with Gasteiger partial charge in [-0.05, 0) is 50.9 Å². The van der Waals surface area contributed by atoms with Gasteiger partial charge in [-0.3, -0.25) is 9.59 Å². The molecule has 252 valence electrons. The Kier molecular flexibility index (Phi) is 30.2. The molecule has 0 aliphatic carbocycles. The molecular formula is C38H64O6. The van der Waals surface area contributed by atoms with Gasteiger partial charge < -0.3 is 19.7 Å². The summed E-state index contributed by atoms with van der Waals surface area (Å²) in [4.78, 5) is 24.1. The average Bonchev–Trinajstić information content (AvgIpc) is 3.01. The zero-order valence-electron chi connectivity index (χ0n) is 28.2. The van der Waals surface area contributed by atoms with E-state index >= 15 is 0 Å². The van der Waals surface area contributed by atoms with Crippen LogP contribution in [0.15, 0.2) is 60.8 Å². The van der Waals surface area contributed by atoms with Gasteiger partial charge in [0.15, 0.2) is 6.10 Å². The van der Waals surface area contributed by atoms with E-state index in [2.05, 4.69) is 56.4 Å². The van der Waals surface area contributed by atoms with Crippen molar-refractivity contribution < 1.29 is 29.3 Å². The molecule has 2 atom stereocenters. The van der Waals surface area contributed by atoms with Crippen molar-refractivity contribution in [2.24, 2.45) is 5.92 Å². The Balaban J connectivity index is 3.75. The quantitative estimate of drug-likeness (QED) is 0.0377. The molecule has 0 spiro atoms. The molecule has 0 aromatic carbocycles. The molecule has 6 heteroatoms. The highest BCUT2D eigenvalue weighted by atomic mass is 16.6. The van der Waals surface area contributed by atoms with Crippen LogP contribution in [0.25, 0.3) is 0 Å². The second-order valence-corrected chi connectivity index (χ2v) is 11.9. The molecule has 0 saturated heterocycles. The Morgan fingerprint density at radius 3 is 1.82 bits per heavy atom. The molecule has 0 fully saturated rings. The summed E-state index contributed by atoms with van der Waals surface area (Å²) in [6, 6.07) is 0. The maximum absolute atomic E-state index is 12.1. The third kappa shape index (κ3) is 31.0. The van der Waals surface area contributed by atoms with Crippen molar-refractivity contribution >= 4 is 11.9 Å². The lowest BCUT2D eigenvalue weighted by Crippen LogP contribution is -2.28. The van der Waals surface area contributed by atoms with Crippen molar-refractivity contribution in [1.82, 2.24) is 0 Å². The van der Waals surface area contributed by atoms with Gasteiger partial charge in [0.1, 0.15) is 6.61 Å². The van der Waals surface area contributed by atoms with Gasteiger partial charge in [0.2, 0.25) is 0 Å². The first-order valence-electron chi connectivity index (χ1n) is 17.3. The molecule has 0 rings (SSSR count). The first-order valence-corrected chi connectivity index (χ1v) is 17.3. The van der Waals surface area contributed by atoms with Gasteiger partial charge in [0.05, 0.1) is 12.7 Å². The van der Waals surface area contributed by atoms with E-state index in [-0.39, 0.29) is 31.3 Å². The lowest BCUT2D eigenvalue weighted by atomic mass is 10.0. The summed E-state index contributed by atoms with van der Waals surface area (Å²) in [5, 5.41) is 18.9. The van der Waals surface area contributed by atoms with E-state index < -0.39 is 6.10 Å². The molecule has 0 unspecified atom stereocenters. The van der Waals surface area contributed by atoms with Crippen molar-refractivity contribution in [2.45, 2.75) is 149 Å². The molecule has 0 heterocycles. The number of allylic oxidation sites excluding steroid dienone is 9. The largest absolute Gasteiger partial charge is 0.462 e. The molecule has 0 saturated carbocycles. The molecule has 2 N–H and O–H groups in total. The summed E-state index contributed by atoms with van der Waals surface area (Å²) in [5.74, 6) is 0.122. The standard InChI is InChI=1S/C38H64O6/c1-4-35(40)29-25-21-17-13-9-7-5-6-8-10-14-18-22-26-30-37(41)43-33-36(32-39)44-38(42)31-27-23-19-15-11-12-16-20-24-28-34(2)3/h6-9,14,17-18,21,25,29,34-36,39-40H,4-5,10-13,15-16,19-20,22-24,26-28,30-33H2,1-3H3/b8-6-,9-7-,18-14-,21-17-,29-25+/t35-,36-/m0/s1. The van der Waals surface area contributed by atoms with E-state index in [0.29, 0.717) is 19.3 Å². The summed E-state index contributed by atoms with van der Waals surface area (Å²) in [5.41, 5.74) is 0. The van der Waals surface area contributed by atoms with Crippen LogP contribution in [0.2, 0.25) is 0 Å². The minimum atomic E-state index is -0.803. The number of aliphatic hydroxyl groups is 2. The third-order valence-electron chi connectivity index (χ3n) is 7.16. The third-order valence-corrected chi connectivity index (χ3v) is 7.16. The van der Waals surface area contributed by atoms with Gasteiger partial charge in [-0.15, -0.1) is 0 Å². The number of hydrogen-bond acceptors (Lipinski definition) is 6. The first kappa shape index (κ1) is 41.6. The minimum absolute atomic E-state index is 0.107. The van der Waals surface area contributed by atoms with Crippen LogP contribution in [-0.4, -0.2) is 47.6 Å². The Morgan fingerprint density at radius 2 is 1.23 bits per heavy atom. The van der Waals surface area contributed by atoms with E-state index in [4.69, 9.17) is 9.47 Å². The summed E-state index contributed by atoms with van der Waals surface area (Å²) < 4.78 is 10.5. The van der Waals surface area contributed by atoms with Crippen molar-refractivity contribution in [1.29, 1.82) is 0 Å². The van der Waals surface area contributed by atoms with E-state index in [1.807, 2.05) is 19.1 Å². The van der Waals surface area contributed by atoms with Crippen LogP contribution in [0.1, 0.15) is 136 Å². The lowest BCUT2D eigenvalue weighted by Gasteiger charge is -2.15. The Morgan fingerprint density at radius 1 is 0.682 bits per heavy atom. The summed E-state index contributed by atoms with van der Waals surface area (Å²) in [6.07, 6.45) is 36.6. The highest BCUT2D eigenvalue weighted by Gasteiger charge is 2.16. The van der Waals surface area contributed by atoms with Gasteiger partial charge in [-0.1, -0.05) is 139 Å². The molecule has 44 heavy (non-hydrogen) atoms. The predicted molar refractivity (Wildman–Crippen MR) is 183 cm³/mol. The number of hydrogen-bond donors (Lipinski definition) is 2. The second kappa shape index (κ2) is 32.0. The highest BCUT2D eigenvalue weighted by molar-refractivity contribution is 5.70. The van der Waals surface area contributed by atoms with Crippen molar-refractivity contribution in [2.75, 3.05) is 13.2 Å².